The van der Waals surface area contributed by atoms with Crippen LogP contribution in [0.2, 0.25) is 0 Å². The molecule has 0 N–H and O–H groups in total. The maximum atomic E-state index is 11.9. The van der Waals surface area contributed by atoms with Gasteiger partial charge in [-0.3, -0.25) is 4.79 Å². The molecule has 0 bridgehead atoms. The number of rotatable bonds is 8. The highest BCUT2D eigenvalue weighted by molar-refractivity contribution is 7.99. The molecule has 0 amide bonds. The molecular formula is C19H20N2O5S. The fraction of sp³-hybridized carbons (Fsp3) is 0.316. The van der Waals surface area contributed by atoms with Gasteiger partial charge in [0.1, 0.15) is 17.2 Å². The summed E-state index contributed by atoms with van der Waals surface area (Å²) >= 11 is 1.45. The number of aromatic nitrogens is 2. The van der Waals surface area contributed by atoms with E-state index in [0.29, 0.717) is 23.0 Å². The minimum absolute atomic E-state index is 0.0346. The number of hydrogen-bond donors (Lipinski definition) is 0. The molecule has 0 saturated heterocycles. The lowest BCUT2D eigenvalue weighted by Gasteiger charge is -2.04. The Kier molecular flexibility index (Phi) is 6.18. The lowest BCUT2D eigenvalue weighted by molar-refractivity contribution is -0.142. The number of esters is 1. The molecule has 0 saturated carbocycles. The molecule has 0 atom stereocenters. The van der Waals surface area contributed by atoms with Crippen LogP contribution in [-0.4, -0.2) is 29.1 Å². The molecule has 0 aliphatic carbocycles. The van der Waals surface area contributed by atoms with Crippen LogP contribution in [-0.2, 0) is 21.9 Å². The molecule has 1 aromatic carbocycles. The first kappa shape index (κ1) is 19.0. The summed E-state index contributed by atoms with van der Waals surface area (Å²) in [6, 6.07) is 9.24. The van der Waals surface area contributed by atoms with E-state index in [1.54, 1.807) is 13.2 Å². The maximum absolute atomic E-state index is 11.9. The molecule has 8 heteroatoms. The topological polar surface area (TPSA) is 87.6 Å². The Hall–Kier alpha value is -2.74. The number of nitrogens with zero attached hydrogens (tertiary/aromatic N) is 2. The van der Waals surface area contributed by atoms with Crippen LogP contribution in [0.15, 0.2) is 39.4 Å². The summed E-state index contributed by atoms with van der Waals surface area (Å²) in [6.45, 7) is 3.78. The molecule has 3 rings (SSSR count). The van der Waals surface area contributed by atoms with Gasteiger partial charge < -0.3 is 18.5 Å². The Labute approximate surface area is 161 Å². The first-order chi connectivity index (χ1) is 13.1. The van der Waals surface area contributed by atoms with E-state index in [9.17, 15) is 4.79 Å². The average Bonchev–Trinajstić information content (AvgIpc) is 3.28. The standard InChI is InChI=1S/C19H20N2O5S/c1-12-16(13(2)25-20-12)10-27-11-19(22)24-9-14-8-17(21-26-14)15-6-4-5-7-18(15)23-3/h4-8H,9-11H2,1-3H3. The molecule has 3 aromatic rings. The van der Waals surface area contributed by atoms with Crippen molar-refractivity contribution in [1.29, 1.82) is 0 Å². The normalized spacial score (nSPS) is 10.8. The van der Waals surface area contributed by atoms with Crippen LogP contribution in [0.3, 0.4) is 0 Å². The second-order valence-corrected chi connectivity index (χ2v) is 6.82. The Morgan fingerprint density at radius 3 is 2.74 bits per heavy atom. The third-order valence-electron chi connectivity index (χ3n) is 3.96. The third-order valence-corrected chi connectivity index (χ3v) is 4.90. The minimum Gasteiger partial charge on any atom is -0.496 e. The zero-order valence-corrected chi connectivity index (χ0v) is 16.2. The minimum atomic E-state index is -0.318. The van der Waals surface area contributed by atoms with Crippen LogP contribution in [0, 0.1) is 13.8 Å². The molecule has 142 valence electrons. The van der Waals surface area contributed by atoms with E-state index < -0.39 is 0 Å². The summed E-state index contributed by atoms with van der Waals surface area (Å²) in [5, 5.41) is 7.92. The first-order valence-corrected chi connectivity index (χ1v) is 9.48. The van der Waals surface area contributed by atoms with Gasteiger partial charge in [0, 0.05) is 22.9 Å². The molecule has 0 radical (unpaired) electrons. The summed E-state index contributed by atoms with van der Waals surface area (Å²) in [6.07, 6.45) is 0. The monoisotopic (exact) mass is 388 g/mol. The van der Waals surface area contributed by atoms with Gasteiger partial charge in [0.25, 0.3) is 0 Å². The van der Waals surface area contributed by atoms with E-state index >= 15 is 0 Å². The van der Waals surface area contributed by atoms with Crippen LogP contribution in [0.4, 0.5) is 0 Å². The second-order valence-electron chi connectivity index (χ2n) is 5.83. The predicted molar refractivity (Wildman–Crippen MR) is 100 cm³/mol. The zero-order valence-electron chi connectivity index (χ0n) is 15.4. The summed E-state index contributed by atoms with van der Waals surface area (Å²) in [7, 11) is 1.60. The lowest BCUT2D eigenvalue weighted by atomic mass is 10.1. The number of carbonyl (C=O) groups excluding carboxylic acids is 1. The molecule has 0 unspecified atom stereocenters. The third kappa shape index (κ3) is 4.71. The van der Waals surface area contributed by atoms with E-state index in [4.69, 9.17) is 18.5 Å². The van der Waals surface area contributed by atoms with Gasteiger partial charge in [0.05, 0.1) is 18.6 Å². The van der Waals surface area contributed by atoms with Crippen LogP contribution >= 0.6 is 11.8 Å². The summed E-state index contributed by atoms with van der Waals surface area (Å²) in [5.41, 5.74) is 3.31. The largest absolute Gasteiger partial charge is 0.496 e. The van der Waals surface area contributed by atoms with E-state index in [0.717, 1.165) is 22.6 Å². The number of carbonyl (C=O) groups is 1. The van der Waals surface area contributed by atoms with E-state index in [-0.39, 0.29) is 18.3 Å². The van der Waals surface area contributed by atoms with Gasteiger partial charge in [-0.1, -0.05) is 22.4 Å². The van der Waals surface area contributed by atoms with Gasteiger partial charge in [-0.05, 0) is 26.0 Å². The van der Waals surface area contributed by atoms with Gasteiger partial charge in [0.15, 0.2) is 12.4 Å². The van der Waals surface area contributed by atoms with Gasteiger partial charge in [-0.15, -0.1) is 11.8 Å². The van der Waals surface area contributed by atoms with Crippen molar-refractivity contribution in [3.05, 3.63) is 53.1 Å². The van der Waals surface area contributed by atoms with Crippen molar-refractivity contribution in [3.63, 3.8) is 0 Å². The Morgan fingerprint density at radius 1 is 1.19 bits per heavy atom. The number of hydrogen-bond acceptors (Lipinski definition) is 8. The van der Waals surface area contributed by atoms with Crippen LogP contribution in [0.1, 0.15) is 22.8 Å². The summed E-state index contributed by atoms with van der Waals surface area (Å²) in [4.78, 5) is 11.9. The number of methoxy groups -OCH3 is 1. The Bertz CT molecular complexity index is 899. The van der Waals surface area contributed by atoms with Crippen LogP contribution < -0.4 is 4.74 Å². The van der Waals surface area contributed by atoms with Gasteiger partial charge in [0.2, 0.25) is 0 Å². The van der Waals surface area contributed by atoms with Crippen molar-refractivity contribution in [1.82, 2.24) is 10.3 Å². The highest BCUT2D eigenvalue weighted by Crippen LogP contribution is 2.29. The smallest absolute Gasteiger partial charge is 0.316 e. The summed E-state index contributed by atoms with van der Waals surface area (Å²) < 4.78 is 20.9. The Morgan fingerprint density at radius 2 is 2.00 bits per heavy atom. The van der Waals surface area contributed by atoms with Crippen molar-refractivity contribution in [2.45, 2.75) is 26.2 Å². The van der Waals surface area contributed by atoms with Crippen molar-refractivity contribution in [2.75, 3.05) is 12.9 Å². The average molecular weight is 388 g/mol. The molecule has 0 aliphatic rings. The first-order valence-electron chi connectivity index (χ1n) is 8.32. The van der Waals surface area contributed by atoms with Crippen molar-refractivity contribution in [2.24, 2.45) is 0 Å². The molecule has 2 aromatic heterocycles. The fourth-order valence-electron chi connectivity index (χ4n) is 2.50. The van der Waals surface area contributed by atoms with Gasteiger partial charge in [-0.25, -0.2) is 0 Å². The SMILES string of the molecule is COc1ccccc1-c1cc(COC(=O)CSCc2c(C)noc2C)on1. The number of benzene rings is 1. The number of aryl methyl sites for hydroxylation is 2. The fourth-order valence-corrected chi connectivity index (χ4v) is 3.47. The van der Waals surface area contributed by atoms with E-state index in [1.807, 2.05) is 38.1 Å². The molecular weight excluding hydrogens is 368 g/mol. The second kappa shape index (κ2) is 8.77. The molecule has 2 heterocycles. The number of thioether (sulfide) groups is 1. The Balaban J connectivity index is 1.49. The zero-order chi connectivity index (χ0) is 19.2. The molecule has 0 fully saturated rings. The summed E-state index contributed by atoms with van der Waals surface area (Å²) in [5.74, 6) is 2.51. The lowest BCUT2D eigenvalue weighted by Crippen LogP contribution is -2.07. The molecule has 7 nitrogen and oxygen atoms in total. The van der Waals surface area contributed by atoms with Gasteiger partial charge in [-0.2, -0.15) is 0 Å². The van der Waals surface area contributed by atoms with Crippen molar-refractivity contribution < 1.29 is 23.3 Å². The molecule has 0 aliphatic heterocycles. The molecule has 27 heavy (non-hydrogen) atoms. The number of para-hydroxylation sites is 1. The van der Waals surface area contributed by atoms with Gasteiger partial charge >= 0.3 is 5.97 Å². The number of ether oxygens (including phenoxy) is 2. The van der Waals surface area contributed by atoms with E-state index in [1.165, 1.54) is 11.8 Å². The highest BCUT2D eigenvalue weighted by atomic mass is 32.2. The van der Waals surface area contributed by atoms with Crippen molar-refractivity contribution >= 4 is 17.7 Å². The van der Waals surface area contributed by atoms with Crippen LogP contribution in [0.25, 0.3) is 11.3 Å². The predicted octanol–water partition coefficient (Wildman–Crippen LogP) is 3.93. The maximum Gasteiger partial charge on any atom is 0.316 e. The molecule has 0 spiro atoms. The van der Waals surface area contributed by atoms with E-state index in [2.05, 4.69) is 10.3 Å². The van der Waals surface area contributed by atoms with Crippen LogP contribution in [0.5, 0.6) is 5.75 Å². The highest BCUT2D eigenvalue weighted by Gasteiger charge is 2.14. The quantitative estimate of drug-likeness (QED) is 0.536. The van der Waals surface area contributed by atoms with Crippen molar-refractivity contribution in [3.8, 4) is 17.0 Å².